The van der Waals surface area contributed by atoms with E-state index in [0.717, 1.165) is 5.69 Å². The average molecular weight is 220 g/mol. The summed E-state index contributed by atoms with van der Waals surface area (Å²) in [7, 11) is 1.79. The third-order valence-electron chi connectivity index (χ3n) is 2.03. The Hall–Kier alpha value is -1.95. The Bertz CT molecular complexity index is 478. The minimum absolute atomic E-state index is 0.127. The maximum Gasteiger partial charge on any atom is 0.240 e. The molecule has 0 fully saturated rings. The lowest BCUT2D eigenvalue weighted by Crippen LogP contribution is -1.98. The number of aryl methyl sites for hydroxylation is 2. The smallest absolute Gasteiger partial charge is 0.240 e. The molecule has 1 N–H and O–H groups in total. The molecular weight excluding hydrogens is 208 g/mol. The van der Waals surface area contributed by atoms with Gasteiger partial charge in [0, 0.05) is 19.2 Å². The summed E-state index contributed by atoms with van der Waals surface area (Å²) in [5, 5.41) is 20.5. The van der Waals surface area contributed by atoms with Gasteiger partial charge in [-0.1, -0.05) is 0 Å². The van der Waals surface area contributed by atoms with Crippen LogP contribution >= 0.6 is 0 Å². The molecule has 0 aromatic carbocycles. The normalized spacial score (nSPS) is 10.4. The molecule has 2 heterocycles. The Morgan fingerprint density at radius 2 is 2.19 bits per heavy atom. The highest BCUT2D eigenvalue weighted by Gasteiger charge is 2.05. The van der Waals surface area contributed by atoms with Crippen molar-refractivity contribution in [1.29, 1.82) is 0 Å². The lowest BCUT2D eigenvalue weighted by molar-refractivity contribution is 0.274. The molecule has 0 saturated heterocycles. The van der Waals surface area contributed by atoms with Gasteiger partial charge in [-0.15, -0.1) is 10.2 Å². The molecule has 0 aliphatic heterocycles. The lowest BCUT2D eigenvalue weighted by Gasteiger charge is -2.03. The topological polar surface area (TPSA) is 73.1 Å². The zero-order chi connectivity index (χ0) is 11.5. The van der Waals surface area contributed by atoms with E-state index in [4.69, 9.17) is 9.84 Å². The summed E-state index contributed by atoms with van der Waals surface area (Å²) >= 11 is 0. The van der Waals surface area contributed by atoms with Gasteiger partial charge < -0.3 is 9.84 Å². The molecule has 0 atom stereocenters. The summed E-state index contributed by atoms with van der Waals surface area (Å²) in [4.78, 5) is 0. The van der Waals surface area contributed by atoms with E-state index in [1.807, 2.05) is 13.0 Å². The molecule has 0 amide bonds. The monoisotopic (exact) mass is 220 g/mol. The van der Waals surface area contributed by atoms with Gasteiger partial charge in [0.1, 0.15) is 0 Å². The fourth-order valence-corrected chi connectivity index (χ4v) is 1.28. The van der Waals surface area contributed by atoms with Gasteiger partial charge >= 0.3 is 0 Å². The molecule has 84 valence electrons. The molecule has 0 spiro atoms. The van der Waals surface area contributed by atoms with Crippen molar-refractivity contribution < 1.29 is 9.84 Å². The first-order chi connectivity index (χ1) is 7.69. The number of aromatic nitrogens is 4. The number of ether oxygens (including phenoxy) is 1. The maximum absolute atomic E-state index is 8.81. The lowest BCUT2D eigenvalue weighted by atomic mass is 10.4. The van der Waals surface area contributed by atoms with Crippen LogP contribution in [0.2, 0.25) is 0 Å². The van der Waals surface area contributed by atoms with Crippen LogP contribution < -0.4 is 4.74 Å². The quantitative estimate of drug-likeness (QED) is 0.828. The molecule has 0 saturated carbocycles. The van der Waals surface area contributed by atoms with E-state index in [1.54, 1.807) is 23.9 Å². The minimum Gasteiger partial charge on any atom is -0.419 e. The Balaban J connectivity index is 2.17. The number of hydrogen-bond acceptors (Lipinski definition) is 5. The van der Waals surface area contributed by atoms with Crippen molar-refractivity contribution in [2.75, 3.05) is 0 Å². The van der Waals surface area contributed by atoms with E-state index in [9.17, 15) is 0 Å². The van der Waals surface area contributed by atoms with Crippen molar-refractivity contribution in [3.05, 3.63) is 29.6 Å². The zero-order valence-corrected chi connectivity index (χ0v) is 9.08. The molecule has 0 bridgehead atoms. The second kappa shape index (κ2) is 4.28. The van der Waals surface area contributed by atoms with Crippen LogP contribution in [0.15, 0.2) is 18.2 Å². The maximum atomic E-state index is 8.81. The Morgan fingerprint density at radius 1 is 1.38 bits per heavy atom. The van der Waals surface area contributed by atoms with Gasteiger partial charge in [-0.3, -0.25) is 0 Å². The molecule has 2 aromatic heterocycles. The fraction of sp³-hybridized carbons (Fsp3) is 0.300. The highest BCUT2D eigenvalue weighted by Crippen LogP contribution is 2.18. The summed E-state index contributed by atoms with van der Waals surface area (Å²) < 4.78 is 7.10. The van der Waals surface area contributed by atoms with Crippen molar-refractivity contribution in [3.63, 3.8) is 0 Å². The van der Waals surface area contributed by atoms with Crippen LogP contribution in [0.5, 0.6) is 11.8 Å². The van der Waals surface area contributed by atoms with Gasteiger partial charge in [0.25, 0.3) is 0 Å². The third kappa shape index (κ3) is 2.17. The van der Waals surface area contributed by atoms with E-state index in [1.165, 1.54) is 0 Å². The zero-order valence-electron chi connectivity index (χ0n) is 9.08. The van der Waals surface area contributed by atoms with Crippen molar-refractivity contribution in [1.82, 2.24) is 20.0 Å². The van der Waals surface area contributed by atoms with E-state index < -0.39 is 0 Å². The average Bonchev–Trinajstić information content (AvgIpc) is 2.59. The number of aliphatic hydroxyl groups is 1. The SMILES string of the molecule is Cc1cc(Oc2ccc(CO)nn2)n(C)n1. The molecule has 0 aliphatic rings. The predicted molar refractivity (Wildman–Crippen MR) is 56.0 cm³/mol. The Kier molecular flexibility index (Phi) is 2.82. The van der Waals surface area contributed by atoms with E-state index >= 15 is 0 Å². The minimum atomic E-state index is -0.127. The van der Waals surface area contributed by atoms with Crippen LogP contribution in [-0.2, 0) is 13.7 Å². The van der Waals surface area contributed by atoms with Crippen molar-refractivity contribution in [3.8, 4) is 11.8 Å². The second-order valence-corrected chi connectivity index (χ2v) is 3.37. The molecule has 6 heteroatoms. The van der Waals surface area contributed by atoms with Crippen LogP contribution in [0.3, 0.4) is 0 Å². The number of nitrogens with zero attached hydrogens (tertiary/aromatic N) is 4. The molecular formula is C10H12N4O2. The molecule has 0 unspecified atom stereocenters. The molecule has 2 rings (SSSR count). The molecule has 16 heavy (non-hydrogen) atoms. The molecule has 6 nitrogen and oxygen atoms in total. The van der Waals surface area contributed by atoms with Crippen LogP contribution in [0.4, 0.5) is 0 Å². The van der Waals surface area contributed by atoms with Crippen LogP contribution in [0, 0.1) is 6.92 Å². The molecule has 2 aromatic rings. The van der Waals surface area contributed by atoms with Gasteiger partial charge in [-0.2, -0.15) is 5.10 Å². The highest BCUT2D eigenvalue weighted by atomic mass is 16.5. The van der Waals surface area contributed by atoms with Gasteiger partial charge in [0.15, 0.2) is 0 Å². The third-order valence-corrected chi connectivity index (χ3v) is 2.03. The summed E-state index contributed by atoms with van der Waals surface area (Å²) in [5.41, 5.74) is 1.38. The summed E-state index contributed by atoms with van der Waals surface area (Å²) in [6, 6.07) is 5.12. The number of rotatable bonds is 3. The van der Waals surface area contributed by atoms with Crippen LogP contribution in [-0.4, -0.2) is 25.1 Å². The highest BCUT2D eigenvalue weighted by molar-refractivity contribution is 5.21. The van der Waals surface area contributed by atoms with Crippen molar-refractivity contribution in [2.45, 2.75) is 13.5 Å². The molecule has 0 radical (unpaired) electrons. The van der Waals surface area contributed by atoms with E-state index in [-0.39, 0.29) is 6.61 Å². The van der Waals surface area contributed by atoms with E-state index in [0.29, 0.717) is 17.5 Å². The predicted octanol–water partition coefficient (Wildman–Crippen LogP) is 0.803. The first-order valence-corrected chi connectivity index (χ1v) is 4.81. The molecule has 0 aliphatic carbocycles. The summed E-state index contributed by atoms with van der Waals surface area (Å²) in [6.45, 7) is 1.76. The first kappa shape index (κ1) is 10.6. The fourth-order valence-electron chi connectivity index (χ4n) is 1.28. The summed E-state index contributed by atoms with van der Waals surface area (Å²) in [6.07, 6.45) is 0. The van der Waals surface area contributed by atoms with Crippen LogP contribution in [0.25, 0.3) is 0 Å². The van der Waals surface area contributed by atoms with Crippen molar-refractivity contribution in [2.24, 2.45) is 7.05 Å². The van der Waals surface area contributed by atoms with Gasteiger partial charge in [-0.25, -0.2) is 4.68 Å². The van der Waals surface area contributed by atoms with Gasteiger partial charge in [0.05, 0.1) is 18.0 Å². The van der Waals surface area contributed by atoms with Crippen molar-refractivity contribution >= 4 is 0 Å². The Labute approximate surface area is 92.5 Å². The van der Waals surface area contributed by atoms with Gasteiger partial charge in [0.2, 0.25) is 11.8 Å². The van der Waals surface area contributed by atoms with E-state index in [2.05, 4.69) is 15.3 Å². The summed E-state index contributed by atoms with van der Waals surface area (Å²) in [5.74, 6) is 0.976. The standard InChI is InChI=1S/C10H12N4O2/c1-7-5-10(14(2)13-7)16-9-4-3-8(6-15)11-12-9/h3-5,15H,6H2,1-2H3. The van der Waals surface area contributed by atoms with Crippen LogP contribution in [0.1, 0.15) is 11.4 Å². The second-order valence-electron chi connectivity index (χ2n) is 3.37. The first-order valence-electron chi connectivity index (χ1n) is 4.81. The Morgan fingerprint density at radius 3 is 2.69 bits per heavy atom. The largest absolute Gasteiger partial charge is 0.419 e. The number of aliphatic hydroxyl groups excluding tert-OH is 1. The van der Waals surface area contributed by atoms with Gasteiger partial charge in [-0.05, 0) is 13.0 Å². The number of hydrogen-bond donors (Lipinski definition) is 1.